The van der Waals surface area contributed by atoms with Gasteiger partial charge < -0.3 is 19.5 Å². The van der Waals surface area contributed by atoms with E-state index >= 15 is 0 Å². The van der Waals surface area contributed by atoms with Crippen molar-refractivity contribution in [3.63, 3.8) is 0 Å². The maximum atomic E-state index is 10.8. The Bertz CT molecular complexity index is 735. The van der Waals surface area contributed by atoms with E-state index in [1.165, 1.54) is 25.0 Å². The van der Waals surface area contributed by atoms with E-state index in [-0.39, 0.29) is 0 Å². The number of likely N-dealkylation sites (tertiary alicyclic amines) is 1. The second kappa shape index (κ2) is 7.56. The van der Waals surface area contributed by atoms with Crippen LogP contribution in [0.25, 0.3) is 0 Å². The van der Waals surface area contributed by atoms with Crippen LogP contribution >= 0.6 is 0 Å². The first kappa shape index (κ1) is 18.4. The summed E-state index contributed by atoms with van der Waals surface area (Å²) in [5.41, 5.74) is 2.46. The van der Waals surface area contributed by atoms with E-state index in [2.05, 4.69) is 28.4 Å². The van der Waals surface area contributed by atoms with Crippen LogP contribution in [-0.2, 0) is 0 Å². The van der Waals surface area contributed by atoms with Crippen LogP contribution in [0.5, 0.6) is 11.5 Å². The van der Waals surface area contributed by atoms with Gasteiger partial charge in [-0.2, -0.15) is 0 Å². The zero-order valence-electron chi connectivity index (χ0n) is 16.3. The fourth-order valence-corrected chi connectivity index (χ4v) is 4.59. The largest absolute Gasteiger partial charge is 0.493 e. The molecule has 2 fully saturated rings. The number of para-hydroxylation sites is 1. The molecule has 146 valence electrons. The van der Waals surface area contributed by atoms with Crippen LogP contribution in [0, 0.1) is 5.41 Å². The van der Waals surface area contributed by atoms with Gasteiger partial charge in [-0.05, 0) is 49.7 Å². The zero-order valence-corrected chi connectivity index (χ0v) is 16.3. The highest BCUT2D eigenvalue weighted by Crippen LogP contribution is 2.55. The van der Waals surface area contributed by atoms with E-state index in [1.807, 2.05) is 18.2 Å². The summed E-state index contributed by atoms with van der Waals surface area (Å²) in [6.07, 6.45) is 12.0. The molecule has 1 aromatic rings. The second-order valence-electron chi connectivity index (χ2n) is 7.87. The second-order valence-corrected chi connectivity index (χ2v) is 7.87. The van der Waals surface area contributed by atoms with Crippen molar-refractivity contribution in [2.45, 2.75) is 44.4 Å². The lowest BCUT2D eigenvalue weighted by Crippen LogP contribution is -2.37. The number of methoxy groups -OCH3 is 2. The van der Waals surface area contributed by atoms with Gasteiger partial charge in [0.1, 0.15) is 6.23 Å². The number of hydrogen-bond donors (Lipinski definition) is 2. The van der Waals surface area contributed by atoms with E-state index in [4.69, 9.17) is 9.47 Å². The molecule has 5 nitrogen and oxygen atoms in total. The molecule has 1 spiro atoms. The molecule has 1 aliphatic heterocycles. The molecule has 2 unspecified atom stereocenters. The zero-order chi connectivity index (χ0) is 18.9. The lowest BCUT2D eigenvalue weighted by Gasteiger charge is -2.36. The molecule has 1 aromatic carbocycles. The first-order chi connectivity index (χ1) is 13.2. The molecule has 2 aliphatic carbocycles. The lowest BCUT2D eigenvalue weighted by atomic mass is 9.91. The van der Waals surface area contributed by atoms with Crippen molar-refractivity contribution in [1.82, 2.24) is 10.2 Å². The van der Waals surface area contributed by atoms with Crippen molar-refractivity contribution < 1.29 is 14.6 Å². The molecule has 5 heteroatoms. The monoisotopic (exact) mass is 370 g/mol. The highest BCUT2D eigenvalue weighted by atomic mass is 16.5. The summed E-state index contributed by atoms with van der Waals surface area (Å²) in [4.78, 5) is 2.51. The van der Waals surface area contributed by atoms with Gasteiger partial charge in [0.05, 0.1) is 14.2 Å². The molecule has 27 heavy (non-hydrogen) atoms. The van der Waals surface area contributed by atoms with Gasteiger partial charge in [0.25, 0.3) is 0 Å². The molecular formula is C22H30N2O3. The predicted molar refractivity (Wildman–Crippen MR) is 106 cm³/mol. The average Bonchev–Trinajstić information content (AvgIpc) is 3.38. The number of aliphatic hydroxyl groups is 1. The van der Waals surface area contributed by atoms with Crippen molar-refractivity contribution >= 4 is 0 Å². The summed E-state index contributed by atoms with van der Waals surface area (Å²) >= 11 is 0. The Morgan fingerprint density at radius 3 is 2.67 bits per heavy atom. The molecule has 0 amide bonds. The van der Waals surface area contributed by atoms with Gasteiger partial charge >= 0.3 is 0 Å². The average molecular weight is 370 g/mol. The SMILES string of the molecule is COc1cccc(C(O)NC2CC23CCN(C2=CCCC=C2)CC3)c1OC. The fourth-order valence-electron chi connectivity index (χ4n) is 4.59. The molecule has 2 N–H and O–H groups in total. The van der Waals surface area contributed by atoms with E-state index in [1.54, 1.807) is 14.2 Å². The Labute approximate surface area is 161 Å². The van der Waals surface area contributed by atoms with Gasteiger partial charge in [-0.25, -0.2) is 0 Å². The number of nitrogens with one attached hydrogen (secondary N) is 1. The molecule has 4 rings (SSSR count). The number of aliphatic hydroxyl groups excluding tert-OH is 1. The molecule has 1 heterocycles. The smallest absolute Gasteiger partial charge is 0.167 e. The molecule has 1 saturated heterocycles. The third-order valence-electron chi connectivity index (χ3n) is 6.38. The number of benzene rings is 1. The minimum atomic E-state index is -0.749. The third-order valence-corrected chi connectivity index (χ3v) is 6.38. The summed E-state index contributed by atoms with van der Waals surface area (Å²) in [5.74, 6) is 1.24. The number of hydrogen-bond acceptors (Lipinski definition) is 5. The minimum Gasteiger partial charge on any atom is -0.493 e. The number of ether oxygens (including phenoxy) is 2. The molecular weight excluding hydrogens is 340 g/mol. The maximum absolute atomic E-state index is 10.8. The molecule has 1 saturated carbocycles. The maximum Gasteiger partial charge on any atom is 0.167 e. The van der Waals surface area contributed by atoms with Crippen molar-refractivity contribution in [1.29, 1.82) is 0 Å². The van der Waals surface area contributed by atoms with Crippen molar-refractivity contribution in [2.24, 2.45) is 5.41 Å². The Balaban J connectivity index is 1.36. The minimum absolute atomic E-state index is 0.336. The summed E-state index contributed by atoms with van der Waals surface area (Å²) in [5, 5.41) is 14.2. The summed E-state index contributed by atoms with van der Waals surface area (Å²) in [6, 6.07) is 5.98. The van der Waals surface area contributed by atoms with E-state index in [9.17, 15) is 5.11 Å². The Hall–Kier alpha value is -1.98. The molecule has 2 atom stereocenters. The van der Waals surface area contributed by atoms with Crippen LogP contribution in [0.1, 0.15) is 43.9 Å². The summed E-state index contributed by atoms with van der Waals surface area (Å²) in [7, 11) is 3.22. The number of nitrogens with zero attached hydrogens (tertiary/aromatic N) is 1. The van der Waals surface area contributed by atoms with E-state index in [0.717, 1.165) is 31.5 Å². The fraction of sp³-hybridized carbons (Fsp3) is 0.545. The normalized spacial score (nSPS) is 24.5. The Kier molecular flexibility index (Phi) is 5.15. The molecule has 0 bridgehead atoms. The number of rotatable bonds is 6. The first-order valence-electron chi connectivity index (χ1n) is 9.93. The lowest BCUT2D eigenvalue weighted by molar-refractivity contribution is 0.119. The quantitative estimate of drug-likeness (QED) is 0.752. The third kappa shape index (κ3) is 3.58. The van der Waals surface area contributed by atoms with Crippen LogP contribution in [0.15, 0.2) is 42.1 Å². The highest BCUT2D eigenvalue weighted by molar-refractivity contribution is 5.47. The Morgan fingerprint density at radius 2 is 2.00 bits per heavy atom. The predicted octanol–water partition coefficient (Wildman–Crippen LogP) is 3.37. The van der Waals surface area contributed by atoms with Crippen LogP contribution in [-0.4, -0.2) is 43.4 Å². The van der Waals surface area contributed by atoms with Gasteiger partial charge in [0.15, 0.2) is 11.5 Å². The summed E-state index contributed by atoms with van der Waals surface area (Å²) < 4.78 is 10.8. The van der Waals surface area contributed by atoms with Gasteiger partial charge in [-0.1, -0.05) is 24.3 Å². The van der Waals surface area contributed by atoms with Crippen LogP contribution < -0.4 is 14.8 Å². The molecule has 3 aliphatic rings. The van der Waals surface area contributed by atoms with Crippen molar-refractivity contribution in [3.8, 4) is 11.5 Å². The number of allylic oxidation sites excluding steroid dienone is 3. The van der Waals surface area contributed by atoms with Gasteiger partial charge in [0, 0.05) is 30.4 Å². The van der Waals surface area contributed by atoms with Crippen LogP contribution in [0.4, 0.5) is 0 Å². The van der Waals surface area contributed by atoms with Crippen LogP contribution in [0.3, 0.4) is 0 Å². The standard InChI is InChI=1S/C22H30N2O3/c1-26-18-10-6-9-17(20(18)27-2)21(25)23-19-15-22(19)11-13-24(14-12-22)16-7-4-3-5-8-16/h4,6-10,19,21,23,25H,3,5,11-15H2,1-2H3. The van der Waals surface area contributed by atoms with E-state index in [0.29, 0.717) is 23.0 Å². The van der Waals surface area contributed by atoms with Crippen molar-refractivity contribution in [3.05, 3.63) is 47.7 Å². The Morgan fingerprint density at radius 1 is 1.19 bits per heavy atom. The molecule has 0 radical (unpaired) electrons. The topological polar surface area (TPSA) is 54.0 Å². The van der Waals surface area contributed by atoms with Crippen LogP contribution in [0.2, 0.25) is 0 Å². The van der Waals surface area contributed by atoms with Gasteiger partial charge in [-0.15, -0.1) is 0 Å². The van der Waals surface area contributed by atoms with Gasteiger partial charge in [0.2, 0.25) is 0 Å². The van der Waals surface area contributed by atoms with Gasteiger partial charge in [-0.3, -0.25) is 5.32 Å². The first-order valence-corrected chi connectivity index (χ1v) is 9.93. The number of piperidine rings is 1. The van der Waals surface area contributed by atoms with Crippen molar-refractivity contribution in [2.75, 3.05) is 27.3 Å². The molecule has 0 aromatic heterocycles. The highest BCUT2D eigenvalue weighted by Gasteiger charge is 2.55. The van der Waals surface area contributed by atoms with E-state index < -0.39 is 6.23 Å². The summed E-state index contributed by atoms with van der Waals surface area (Å²) in [6.45, 7) is 2.21.